The van der Waals surface area contributed by atoms with Crippen LogP contribution in [0.1, 0.15) is 28.5 Å². The third-order valence-electron chi connectivity index (χ3n) is 3.60. The Morgan fingerprint density at radius 1 is 1.30 bits per heavy atom. The molecule has 0 unspecified atom stereocenters. The Kier molecular flexibility index (Phi) is 3.84. The Bertz CT molecular complexity index is 656. The van der Waals surface area contributed by atoms with Crippen molar-refractivity contribution in [1.82, 2.24) is 4.57 Å². The summed E-state index contributed by atoms with van der Waals surface area (Å²) in [4.78, 5) is 11.3. The van der Waals surface area contributed by atoms with Gasteiger partial charge < -0.3 is 14.4 Å². The topological polar surface area (TPSA) is 51.5 Å². The molecule has 0 saturated carbocycles. The smallest absolute Gasteiger partial charge is 0.337 e. The number of ether oxygens (including phenoxy) is 1. The molecule has 1 N–H and O–H groups in total. The molecule has 0 spiro atoms. The Labute approximate surface area is 118 Å². The minimum absolute atomic E-state index is 0.357. The molecular weight excluding hydrogens is 254 g/mol. The molecule has 0 amide bonds. The van der Waals surface area contributed by atoms with Crippen LogP contribution in [0.15, 0.2) is 24.3 Å². The Hall–Kier alpha value is -2.23. The number of rotatable bonds is 4. The summed E-state index contributed by atoms with van der Waals surface area (Å²) in [6, 6.07) is 7.62. The van der Waals surface area contributed by atoms with Gasteiger partial charge in [0.25, 0.3) is 0 Å². The summed E-state index contributed by atoms with van der Waals surface area (Å²) in [6.07, 6.45) is 0. The molecule has 0 fully saturated rings. The van der Waals surface area contributed by atoms with Gasteiger partial charge in [-0.05, 0) is 56.2 Å². The van der Waals surface area contributed by atoms with Crippen LogP contribution in [0.3, 0.4) is 0 Å². The molecule has 0 atom stereocenters. The number of aromatic carboxylic acids is 1. The van der Waals surface area contributed by atoms with Crippen molar-refractivity contribution in [1.29, 1.82) is 0 Å². The number of aromatic nitrogens is 1. The Morgan fingerprint density at radius 3 is 2.50 bits per heavy atom. The van der Waals surface area contributed by atoms with Crippen LogP contribution < -0.4 is 4.74 Å². The lowest BCUT2D eigenvalue weighted by atomic mass is 10.1. The van der Waals surface area contributed by atoms with Gasteiger partial charge in [-0.3, -0.25) is 0 Å². The molecule has 0 aliphatic carbocycles. The van der Waals surface area contributed by atoms with Crippen molar-refractivity contribution >= 4 is 5.97 Å². The van der Waals surface area contributed by atoms with E-state index >= 15 is 0 Å². The van der Waals surface area contributed by atoms with E-state index in [1.807, 2.05) is 43.5 Å². The van der Waals surface area contributed by atoms with Gasteiger partial charge in [0.15, 0.2) is 0 Å². The van der Waals surface area contributed by atoms with Gasteiger partial charge in [0.2, 0.25) is 0 Å². The van der Waals surface area contributed by atoms with Gasteiger partial charge in [-0.1, -0.05) is 0 Å². The summed E-state index contributed by atoms with van der Waals surface area (Å²) in [5.41, 5.74) is 4.09. The maximum Gasteiger partial charge on any atom is 0.337 e. The summed E-state index contributed by atoms with van der Waals surface area (Å²) in [5, 5.41) is 9.25. The fraction of sp³-hybridized carbons (Fsp3) is 0.312. The van der Waals surface area contributed by atoms with Crippen LogP contribution in [0, 0.1) is 13.8 Å². The van der Waals surface area contributed by atoms with Crippen LogP contribution in [0.4, 0.5) is 0 Å². The van der Waals surface area contributed by atoms with Crippen LogP contribution in [0.25, 0.3) is 11.3 Å². The second-order valence-electron chi connectivity index (χ2n) is 4.76. The monoisotopic (exact) mass is 273 g/mol. The highest BCUT2D eigenvalue weighted by atomic mass is 16.5. The standard InChI is InChI=1S/C16H19NO3/c1-5-17-11(3)13(16(18)19)9-14(17)12-6-7-15(20-4)10(2)8-12/h6-9H,5H2,1-4H3,(H,18,19). The first-order valence-corrected chi connectivity index (χ1v) is 6.58. The predicted octanol–water partition coefficient (Wildman–Crippen LogP) is 3.50. The van der Waals surface area contributed by atoms with E-state index in [-0.39, 0.29) is 0 Å². The zero-order valence-corrected chi connectivity index (χ0v) is 12.2. The van der Waals surface area contributed by atoms with Crippen molar-refractivity contribution in [3.63, 3.8) is 0 Å². The van der Waals surface area contributed by atoms with Crippen molar-refractivity contribution in [3.8, 4) is 17.0 Å². The number of aryl methyl sites for hydroxylation is 1. The van der Waals surface area contributed by atoms with E-state index in [0.717, 1.165) is 34.8 Å². The molecular formula is C16H19NO3. The number of hydrogen-bond donors (Lipinski definition) is 1. The first-order chi connectivity index (χ1) is 9.49. The Morgan fingerprint density at radius 2 is 2.00 bits per heavy atom. The summed E-state index contributed by atoms with van der Waals surface area (Å²) >= 11 is 0. The number of carboxylic acids is 1. The highest BCUT2D eigenvalue weighted by Gasteiger charge is 2.17. The summed E-state index contributed by atoms with van der Waals surface area (Å²) < 4.78 is 7.28. The number of benzene rings is 1. The predicted molar refractivity (Wildman–Crippen MR) is 78.5 cm³/mol. The molecule has 0 radical (unpaired) electrons. The highest BCUT2D eigenvalue weighted by molar-refractivity contribution is 5.91. The average molecular weight is 273 g/mol. The normalized spacial score (nSPS) is 10.6. The van der Waals surface area contributed by atoms with Crippen LogP contribution in [0.5, 0.6) is 5.75 Å². The van der Waals surface area contributed by atoms with E-state index < -0.39 is 5.97 Å². The van der Waals surface area contributed by atoms with Gasteiger partial charge in [-0.2, -0.15) is 0 Å². The van der Waals surface area contributed by atoms with Crippen molar-refractivity contribution < 1.29 is 14.6 Å². The quantitative estimate of drug-likeness (QED) is 0.927. The third-order valence-corrected chi connectivity index (χ3v) is 3.60. The summed E-state index contributed by atoms with van der Waals surface area (Å²) in [6.45, 7) is 6.57. The third kappa shape index (κ3) is 2.29. The van der Waals surface area contributed by atoms with E-state index in [4.69, 9.17) is 4.74 Å². The largest absolute Gasteiger partial charge is 0.496 e. The highest BCUT2D eigenvalue weighted by Crippen LogP contribution is 2.29. The van der Waals surface area contributed by atoms with Gasteiger partial charge in [-0.25, -0.2) is 4.79 Å². The first-order valence-electron chi connectivity index (χ1n) is 6.58. The van der Waals surface area contributed by atoms with Gasteiger partial charge in [0, 0.05) is 17.9 Å². The second kappa shape index (κ2) is 5.41. The van der Waals surface area contributed by atoms with Crippen LogP contribution in [-0.4, -0.2) is 22.8 Å². The molecule has 0 aliphatic rings. The van der Waals surface area contributed by atoms with Crippen molar-refractivity contribution in [2.45, 2.75) is 27.3 Å². The van der Waals surface area contributed by atoms with E-state index in [1.54, 1.807) is 13.2 Å². The number of nitrogens with zero attached hydrogens (tertiary/aromatic N) is 1. The molecule has 1 aromatic carbocycles. The van der Waals surface area contributed by atoms with E-state index in [9.17, 15) is 9.90 Å². The number of methoxy groups -OCH3 is 1. The molecule has 0 saturated heterocycles. The zero-order chi connectivity index (χ0) is 14.9. The molecule has 106 valence electrons. The minimum atomic E-state index is -0.888. The molecule has 1 heterocycles. The lowest BCUT2D eigenvalue weighted by Crippen LogP contribution is -2.02. The van der Waals surface area contributed by atoms with Gasteiger partial charge in [-0.15, -0.1) is 0 Å². The zero-order valence-electron chi connectivity index (χ0n) is 12.2. The lowest BCUT2D eigenvalue weighted by molar-refractivity contribution is 0.0696. The molecule has 20 heavy (non-hydrogen) atoms. The van der Waals surface area contributed by atoms with Crippen molar-refractivity contribution in [2.24, 2.45) is 0 Å². The van der Waals surface area contributed by atoms with Gasteiger partial charge in [0.1, 0.15) is 5.75 Å². The molecule has 2 rings (SSSR count). The van der Waals surface area contributed by atoms with E-state index in [0.29, 0.717) is 5.56 Å². The molecule has 4 heteroatoms. The van der Waals surface area contributed by atoms with Crippen LogP contribution in [0.2, 0.25) is 0 Å². The fourth-order valence-corrected chi connectivity index (χ4v) is 2.55. The summed E-state index contributed by atoms with van der Waals surface area (Å²) in [7, 11) is 1.64. The minimum Gasteiger partial charge on any atom is -0.496 e. The Balaban J connectivity index is 2.60. The maximum atomic E-state index is 11.3. The first kappa shape index (κ1) is 14.2. The molecule has 0 aliphatic heterocycles. The SMILES string of the molecule is CCn1c(-c2ccc(OC)c(C)c2)cc(C(=O)O)c1C. The number of carboxylic acid groups (broad SMARTS) is 1. The number of carbonyl (C=O) groups is 1. The summed E-state index contributed by atoms with van der Waals surface area (Å²) in [5.74, 6) is -0.0558. The van der Waals surface area contributed by atoms with Crippen LogP contribution >= 0.6 is 0 Å². The second-order valence-corrected chi connectivity index (χ2v) is 4.76. The molecule has 1 aromatic heterocycles. The average Bonchev–Trinajstić information content (AvgIpc) is 2.75. The fourth-order valence-electron chi connectivity index (χ4n) is 2.55. The van der Waals surface area contributed by atoms with Gasteiger partial charge in [0.05, 0.1) is 12.7 Å². The van der Waals surface area contributed by atoms with E-state index in [1.165, 1.54) is 0 Å². The maximum absolute atomic E-state index is 11.3. The molecule has 4 nitrogen and oxygen atoms in total. The van der Waals surface area contributed by atoms with Crippen LogP contribution in [-0.2, 0) is 6.54 Å². The molecule has 2 aromatic rings. The number of hydrogen-bond acceptors (Lipinski definition) is 2. The lowest BCUT2D eigenvalue weighted by Gasteiger charge is -2.11. The molecule has 0 bridgehead atoms. The van der Waals surface area contributed by atoms with Crippen molar-refractivity contribution in [3.05, 3.63) is 41.1 Å². The van der Waals surface area contributed by atoms with Gasteiger partial charge >= 0.3 is 5.97 Å². The van der Waals surface area contributed by atoms with Crippen molar-refractivity contribution in [2.75, 3.05) is 7.11 Å². The van der Waals surface area contributed by atoms with E-state index in [2.05, 4.69) is 0 Å².